The monoisotopic (exact) mass is 558 g/mol. The van der Waals surface area contributed by atoms with Crippen molar-refractivity contribution in [2.75, 3.05) is 26.0 Å². The third-order valence-electron chi connectivity index (χ3n) is 7.23. The van der Waals surface area contributed by atoms with Gasteiger partial charge in [-0.25, -0.2) is 26.4 Å². The quantitative estimate of drug-likeness (QED) is 0.487. The number of halogens is 4. The summed E-state index contributed by atoms with van der Waals surface area (Å²) in [4.78, 5) is 25.8. The van der Waals surface area contributed by atoms with Crippen molar-refractivity contribution in [3.05, 3.63) is 58.4 Å². The number of rotatable bonds is 6. The average Bonchev–Trinajstić information content (AvgIpc) is 3.13. The molecule has 0 heterocycles. The van der Waals surface area contributed by atoms with Crippen molar-refractivity contribution in [3.8, 4) is 0 Å². The van der Waals surface area contributed by atoms with Crippen molar-refractivity contribution in [1.82, 2.24) is 4.90 Å². The average molecular weight is 559 g/mol. The van der Waals surface area contributed by atoms with Gasteiger partial charge in [0.25, 0.3) is 5.91 Å². The SMILES string of the molecule is COC(=O)N(C)CC1CC2CC[C@@H](C1)C2S(=O)(=O)c1cc(C(=O)Nc2cc(F)c(F)c(F)c2)ccc1Cl. The fourth-order valence-electron chi connectivity index (χ4n) is 5.71. The molecule has 2 fully saturated rings. The zero-order valence-electron chi connectivity index (χ0n) is 20.1. The molecule has 12 heteroatoms. The van der Waals surface area contributed by atoms with Crippen LogP contribution in [-0.4, -0.2) is 51.3 Å². The number of ether oxygens (including phenoxy) is 1. The van der Waals surface area contributed by atoms with Gasteiger partial charge in [0.2, 0.25) is 0 Å². The number of fused-ring (bicyclic) bond motifs is 2. The fourth-order valence-corrected chi connectivity index (χ4v) is 8.58. The minimum Gasteiger partial charge on any atom is -0.453 e. The first kappa shape index (κ1) is 27.3. The molecule has 2 saturated carbocycles. The Morgan fingerprint density at radius 1 is 1.08 bits per heavy atom. The predicted molar refractivity (Wildman–Crippen MR) is 131 cm³/mol. The van der Waals surface area contributed by atoms with E-state index in [0.717, 1.165) is 18.9 Å². The number of nitrogens with one attached hydrogen (secondary N) is 1. The number of nitrogens with zero attached hydrogens (tertiary/aromatic N) is 1. The van der Waals surface area contributed by atoms with Gasteiger partial charge in [-0.05, 0) is 61.6 Å². The second-order valence-corrected chi connectivity index (χ2v) is 12.1. The van der Waals surface area contributed by atoms with Gasteiger partial charge in [0.05, 0.1) is 22.3 Å². The van der Waals surface area contributed by atoms with Gasteiger partial charge >= 0.3 is 6.09 Å². The molecule has 2 aromatic rings. The van der Waals surface area contributed by atoms with Crippen molar-refractivity contribution in [2.45, 2.75) is 35.8 Å². The Balaban J connectivity index is 1.55. The van der Waals surface area contributed by atoms with E-state index in [2.05, 4.69) is 5.32 Å². The molecule has 2 amide bonds. The van der Waals surface area contributed by atoms with Gasteiger partial charge in [-0.1, -0.05) is 11.6 Å². The van der Waals surface area contributed by atoms with Crippen molar-refractivity contribution < 1.29 is 35.9 Å². The van der Waals surface area contributed by atoms with Gasteiger partial charge in [-0.2, -0.15) is 0 Å². The van der Waals surface area contributed by atoms with E-state index in [4.69, 9.17) is 16.3 Å². The summed E-state index contributed by atoms with van der Waals surface area (Å²) in [7, 11) is -0.990. The molecule has 0 spiro atoms. The summed E-state index contributed by atoms with van der Waals surface area (Å²) in [6.07, 6.45) is 2.26. The number of hydrogen-bond acceptors (Lipinski definition) is 5. The van der Waals surface area contributed by atoms with E-state index >= 15 is 0 Å². The van der Waals surface area contributed by atoms with E-state index in [1.807, 2.05) is 0 Å². The number of anilines is 1. The van der Waals surface area contributed by atoms with Gasteiger partial charge in [0.1, 0.15) is 0 Å². The molecule has 37 heavy (non-hydrogen) atoms. The molecular formula is C25H26ClF3N2O5S. The maximum absolute atomic E-state index is 13.8. The first-order chi connectivity index (χ1) is 17.4. The summed E-state index contributed by atoms with van der Waals surface area (Å²) >= 11 is 6.28. The number of carbonyl (C=O) groups excluding carboxylic acids is 2. The van der Waals surface area contributed by atoms with E-state index in [1.165, 1.54) is 24.1 Å². The Hall–Kier alpha value is -2.79. The van der Waals surface area contributed by atoms with Crippen molar-refractivity contribution in [1.29, 1.82) is 0 Å². The Labute approximate surface area is 217 Å². The van der Waals surface area contributed by atoms with Gasteiger partial charge in [-0.15, -0.1) is 0 Å². The molecule has 2 aliphatic rings. The Morgan fingerprint density at radius 2 is 1.68 bits per heavy atom. The van der Waals surface area contributed by atoms with Crippen molar-refractivity contribution >= 4 is 39.1 Å². The largest absolute Gasteiger partial charge is 0.453 e. The maximum atomic E-state index is 13.8. The summed E-state index contributed by atoms with van der Waals surface area (Å²) in [6.45, 7) is 0.466. The number of methoxy groups -OCH3 is 1. The maximum Gasteiger partial charge on any atom is 0.409 e. The van der Waals surface area contributed by atoms with Crippen LogP contribution in [0.2, 0.25) is 5.02 Å². The smallest absolute Gasteiger partial charge is 0.409 e. The Kier molecular flexibility index (Phi) is 7.75. The number of amides is 2. The lowest BCUT2D eigenvalue weighted by atomic mass is 9.80. The standard InChI is InChI=1S/C25H26ClF3N2O5S/c1-31(25(33)36-2)12-13-7-14-3-4-15(8-13)23(14)37(34,35)21-9-16(5-6-18(21)26)24(32)30-17-10-19(27)22(29)20(28)11-17/h5-6,9-11,13-15,23H,3-4,7-8,12H2,1-2H3,(H,30,32)/t13?,14-,15?,23?/m0/s1. The molecule has 4 rings (SSSR count). The van der Waals surface area contributed by atoms with Crippen LogP contribution >= 0.6 is 11.6 Å². The zero-order chi connectivity index (χ0) is 27.1. The normalized spacial score (nSPS) is 23.0. The summed E-state index contributed by atoms with van der Waals surface area (Å²) in [6, 6.07) is 4.98. The molecule has 2 aromatic carbocycles. The van der Waals surface area contributed by atoms with Crippen LogP contribution in [0.5, 0.6) is 0 Å². The van der Waals surface area contributed by atoms with Crippen molar-refractivity contribution in [3.63, 3.8) is 0 Å². The molecule has 0 aromatic heterocycles. The molecule has 3 unspecified atom stereocenters. The van der Waals surface area contributed by atoms with Gasteiger partial charge < -0.3 is 15.0 Å². The van der Waals surface area contributed by atoms with Crippen LogP contribution in [0.15, 0.2) is 35.2 Å². The van der Waals surface area contributed by atoms with Crippen LogP contribution < -0.4 is 5.32 Å². The van der Waals surface area contributed by atoms with E-state index in [9.17, 15) is 31.2 Å². The highest BCUT2D eigenvalue weighted by atomic mass is 35.5. The third-order valence-corrected chi connectivity index (χ3v) is 10.1. The van der Waals surface area contributed by atoms with Crippen molar-refractivity contribution in [2.24, 2.45) is 17.8 Å². The van der Waals surface area contributed by atoms with Crippen LogP contribution in [0, 0.1) is 35.2 Å². The predicted octanol–water partition coefficient (Wildman–Crippen LogP) is 5.29. The minimum absolute atomic E-state index is 0.0395. The van der Waals surface area contributed by atoms with Gasteiger partial charge in [-0.3, -0.25) is 4.79 Å². The third kappa shape index (κ3) is 5.43. The molecule has 4 atom stereocenters. The molecule has 2 aliphatic carbocycles. The van der Waals surface area contributed by atoms with E-state index in [0.29, 0.717) is 31.5 Å². The highest BCUT2D eigenvalue weighted by Gasteiger charge is 2.50. The molecule has 2 bridgehead atoms. The van der Waals surface area contributed by atoms with Crippen LogP contribution in [0.1, 0.15) is 36.0 Å². The lowest BCUT2D eigenvalue weighted by molar-refractivity contribution is 0.102. The number of sulfone groups is 1. The van der Waals surface area contributed by atoms with Crippen LogP contribution in [0.3, 0.4) is 0 Å². The molecule has 0 aliphatic heterocycles. The second-order valence-electron chi connectivity index (χ2n) is 9.65. The Bertz CT molecular complexity index is 1300. The van der Waals surface area contributed by atoms with Crippen LogP contribution in [0.4, 0.5) is 23.7 Å². The number of carbonyl (C=O) groups is 2. The van der Waals surface area contributed by atoms with Crippen LogP contribution in [-0.2, 0) is 14.6 Å². The zero-order valence-corrected chi connectivity index (χ0v) is 21.7. The summed E-state index contributed by atoms with van der Waals surface area (Å²) in [5.41, 5.74) is -0.414. The molecular weight excluding hydrogens is 533 g/mol. The first-order valence-electron chi connectivity index (χ1n) is 11.7. The highest BCUT2D eigenvalue weighted by Crippen LogP contribution is 2.50. The van der Waals surface area contributed by atoms with E-state index in [-0.39, 0.29) is 38.9 Å². The second kappa shape index (κ2) is 10.5. The molecule has 0 saturated heterocycles. The molecule has 1 N–H and O–H groups in total. The summed E-state index contributed by atoms with van der Waals surface area (Å²) in [5.74, 6) is -5.57. The Morgan fingerprint density at radius 3 is 2.24 bits per heavy atom. The minimum atomic E-state index is -3.94. The molecule has 0 radical (unpaired) electrons. The lowest BCUT2D eigenvalue weighted by Gasteiger charge is -2.36. The fraction of sp³-hybridized carbons (Fsp3) is 0.440. The highest BCUT2D eigenvalue weighted by molar-refractivity contribution is 7.92. The summed E-state index contributed by atoms with van der Waals surface area (Å²) in [5, 5.41) is 1.53. The number of hydrogen-bond donors (Lipinski definition) is 1. The molecule has 200 valence electrons. The summed E-state index contributed by atoms with van der Waals surface area (Å²) < 4.78 is 72.5. The lowest BCUT2D eigenvalue weighted by Crippen LogP contribution is -2.41. The topological polar surface area (TPSA) is 92.8 Å². The van der Waals surface area contributed by atoms with Crippen LogP contribution in [0.25, 0.3) is 0 Å². The molecule has 7 nitrogen and oxygen atoms in total. The number of benzene rings is 2. The van der Waals surface area contributed by atoms with E-state index < -0.39 is 44.5 Å². The first-order valence-corrected chi connectivity index (χ1v) is 13.6. The van der Waals surface area contributed by atoms with Gasteiger partial charge in [0.15, 0.2) is 27.3 Å². The van der Waals surface area contributed by atoms with E-state index in [1.54, 1.807) is 7.05 Å². The van der Waals surface area contributed by atoms with Gasteiger partial charge in [0, 0.05) is 37.0 Å².